The first-order chi connectivity index (χ1) is 28.3. The lowest BCUT2D eigenvalue weighted by Crippen LogP contribution is -2.63. The van der Waals surface area contributed by atoms with Crippen molar-refractivity contribution in [1.82, 2.24) is 37.2 Å². The summed E-state index contributed by atoms with van der Waals surface area (Å²) >= 11 is 0. The third-order valence-electron chi connectivity index (χ3n) is 10.4. The molecule has 0 aromatic carbocycles. The lowest BCUT2D eigenvalue weighted by atomic mass is 9.96. The second kappa shape index (κ2) is 28.3. The zero-order valence-corrected chi connectivity index (χ0v) is 38.8. The zero-order chi connectivity index (χ0) is 47.3. The standard InChI is InChI=1S/C42H81N11O8/c1-21(2)29(35(46)54)48-38(57)31(23(5)6)50-40(59)33(25(9)10)52-42(61)34(26(11)12)53-41(60)32(24(7)8)51-39(58)30(22(3)4)49-37(56)28(18-14-16-20-44)47-36(55)27(45)17-13-15-19-43/h21-34H,13-20,43-45H2,1-12H3,(H2,46,54)(H,47,55)(H,48,57)(H,49,56)(H,50,59)(H,51,58)(H,52,61)(H,53,60)/t27-,28-,29-,30-,31-,32-,33-,34-/m0/s1. The molecule has 0 aliphatic heterocycles. The minimum Gasteiger partial charge on any atom is -0.368 e. The first-order valence-corrected chi connectivity index (χ1v) is 21.9. The van der Waals surface area contributed by atoms with E-state index in [1.807, 2.05) is 0 Å². The number of hydrogen-bond acceptors (Lipinski definition) is 11. The van der Waals surface area contributed by atoms with Crippen LogP contribution in [-0.2, 0) is 38.4 Å². The van der Waals surface area contributed by atoms with Gasteiger partial charge in [0.15, 0.2) is 0 Å². The Kier molecular flexibility index (Phi) is 26.3. The Balaban J connectivity index is 6.15. The largest absolute Gasteiger partial charge is 0.368 e. The predicted molar refractivity (Wildman–Crippen MR) is 236 cm³/mol. The summed E-state index contributed by atoms with van der Waals surface area (Å²) in [7, 11) is 0. The molecule has 0 saturated carbocycles. The minimum absolute atomic E-state index is 0.259. The van der Waals surface area contributed by atoms with Gasteiger partial charge in [-0.3, -0.25) is 38.4 Å². The topological polar surface area (TPSA) is 325 Å². The third-order valence-corrected chi connectivity index (χ3v) is 10.4. The SMILES string of the molecule is CC(C)[C@H](NC(=O)[C@@H](NC(=O)[C@@H](NC(=O)[C@@H](NC(=O)[C@@H](NC(=O)[C@@H](NC(=O)[C@H](CCCCN)NC(=O)[C@@H](N)CCCCN)C(C)C)C(C)C)C(C)C)C(C)C)C(C)C)C(N)=O. The van der Waals surface area contributed by atoms with Crippen LogP contribution in [0.2, 0.25) is 0 Å². The number of hydrogen-bond donors (Lipinski definition) is 11. The quantitative estimate of drug-likeness (QED) is 0.0421. The van der Waals surface area contributed by atoms with Crippen LogP contribution in [0.5, 0.6) is 0 Å². The Morgan fingerprint density at radius 1 is 0.361 bits per heavy atom. The molecule has 15 N–H and O–H groups in total. The van der Waals surface area contributed by atoms with Crippen molar-refractivity contribution < 1.29 is 38.4 Å². The number of unbranched alkanes of at least 4 members (excludes halogenated alkanes) is 2. The lowest BCUT2D eigenvalue weighted by molar-refractivity contribution is -0.137. The summed E-state index contributed by atoms with van der Waals surface area (Å²) in [5.74, 6) is -7.56. The van der Waals surface area contributed by atoms with Crippen LogP contribution in [0.4, 0.5) is 0 Å². The number of rotatable bonds is 29. The van der Waals surface area contributed by atoms with Crippen molar-refractivity contribution in [3.63, 3.8) is 0 Å². The van der Waals surface area contributed by atoms with Crippen LogP contribution in [0.15, 0.2) is 0 Å². The van der Waals surface area contributed by atoms with E-state index in [0.29, 0.717) is 45.2 Å². The summed E-state index contributed by atoms with van der Waals surface area (Å²) in [4.78, 5) is 107. The van der Waals surface area contributed by atoms with E-state index < -0.39 is 125 Å². The van der Waals surface area contributed by atoms with Gasteiger partial charge in [0.05, 0.1) is 6.04 Å². The molecule has 61 heavy (non-hydrogen) atoms. The molecule has 0 saturated heterocycles. The van der Waals surface area contributed by atoms with Crippen molar-refractivity contribution in [3.8, 4) is 0 Å². The van der Waals surface area contributed by atoms with Crippen LogP contribution in [-0.4, -0.2) is 109 Å². The normalized spacial score (nSPS) is 15.6. The number of primary amides is 1. The van der Waals surface area contributed by atoms with E-state index in [0.717, 1.165) is 0 Å². The summed E-state index contributed by atoms with van der Waals surface area (Å²) in [5, 5.41) is 19.0. The van der Waals surface area contributed by atoms with Gasteiger partial charge in [0.1, 0.15) is 42.3 Å². The predicted octanol–water partition coefficient (Wildman–Crippen LogP) is -0.613. The minimum atomic E-state index is -1.15. The van der Waals surface area contributed by atoms with E-state index in [9.17, 15) is 38.4 Å². The molecule has 0 fully saturated rings. The molecule has 0 aliphatic carbocycles. The van der Waals surface area contributed by atoms with E-state index in [2.05, 4.69) is 37.2 Å². The fourth-order valence-electron chi connectivity index (χ4n) is 6.39. The van der Waals surface area contributed by atoms with Gasteiger partial charge in [-0.15, -0.1) is 0 Å². The number of amides is 8. The highest BCUT2D eigenvalue weighted by Gasteiger charge is 2.37. The molecule has 8 amide bonds. The van der Waals surface area contributed by atoms with Gasteiger partial charge in [-0.1, -0.05) is 89.5 Å². The van der Waals surface area contributed by atoms with Crippen LogP contribution >= 0.6 is 0 Å². The molecule has 0 bridgehead atoms. The van der Waals surface area contributed by atoms with Gasteiger partial charge in [-0.2, -0.15) is 0 Å². The fraction of sp³-hybridized carbons (Fsp3) is 0.810. The van der Waals surface area contributed by atoms with Gasteiger partial charge in [-0.25, -0.2) is 0 Å². The van der Waals surface area contributed by atoms with Crippen molar-refractivity contribution in [2.24, 2.45) is 58.4 Å². The highest BCUT2D eigenvalue weighted by molar-refractivity contribution is 5.98. The second-order valence-corrected chi connectivity index (χ2v) is 18.0. The summed E-state index contributed by atoms with van der Waals surface area (Å²) in [5.41, 5.74) is 22.8. The van der Waals surface area contributed by atoms with Gasteiger partial charge in [0, 0.05) is 0 Å². The average molecular weight is 868 g/mol. The molecule has 0 unspecified atom stereocenters. The van der Waals surface area contributed by atoms with Crippen molar-refractivity contribution in [1.29, 1.82) is 0 Å². The maximum Gasteiger partial charge on any atom is 0.243 e. The van der Waals surface area contributed by atoms with Gasteiger partial charge in [0.2, 0.25) is 47.3 Å². The molecule has 8 atom stereocenters. The van der Waals surface area contributed by atoms with E-state index in [4.69, 9.17) is 22.9 Å². The van der Waals surface area contributed by atoms with E-state index in [1.165, 1.54) is 0 Å². The summed E-state index contributed by atoms with van der Waals surface area (Å²) in [6.45, 7) is 21.5. The van der Waals surface area contributed by atoms with E-state index in [1.54, 1.807) is 83.1 Å². The second-order valence-electron chi connectivity index (χ2n) is 18.0. The molecule has 0 radical (unpaired) electrons. The van der Waals surface area contributed by atoms with Crippen molar-refractivity contribution in [3.05, 3.63) is 0 Å². The Labute approximate surface area is 363 Å². The molecule has 0 aromatic heterocycles. The molecular formula is C42H81N11O8. The Bertz CT molecular complexity index is 1440. The molecule has 19 nitrogen and oxygen atoms in total. The summed E-state index contributed by atoms with van der Waals surface area (Å²) in [6, 6.07) is -8.37. The van der Waals surface area contributed by atoms with Crippen molar-refractivity contribution in [2.45, 2.75) is 170 Å². The smallest absolute Gasteiger partial charge is 0.243 e. The van der Waals surface area contributed by atoms with Crippen molar-refractivity contribution >= 4 is 47.3 Å². The van der Waals surface area contributed by atoms with Crippen molar-refractivity contribution in [2.75, 3.05) is 13.1 Å². The fourth-order valence-corrected chi connectivity index (χ4v) is 6.39. The molecule has 0 heterocycles. The van der Waals surface area contributed by atoms with Gasteiger partial charge < -0.3 is 60.2 Å². The van der Waals surface area contributed by atoms with E-state index in [-0.39, 0.29) is 12.3 Å². The Morgan fingerprint density at radius 2 is 0.623 bits per heavy atom. The molecule has 352 valence electrons. The molecular weight excluding hydrogens is 787 g/mol. The highest BCUT2D eigenvalue weighted by Crippen LogP contribution is 2.13. The molecule has 0 rings (SSSR count). The van der Waals surface area contributed by atoms with Gasteiger partial charge in [0.25, 0.3) is 0 Å². The first kappa shape index (κ1) is 56.6. The highest BCUT2D eigenvalue weighted by atomic mass is 16.2. The number of carbonyl (C=O) groups is 8. The van der Waals surface area contributed by atoms with Crippen LogP contribution in [0.25, 0.3) is 0 Å². The maximum atomic E-state index is 13.9. The maximum absolute atomic E-state index is 13.9. The molecule has 0 spiro atoms. The van der Waals surface area contributed by atoms with Crippen LogP contribution in [0, 0.1) is 35.5 Å². The molecule has 0 aromatic rings. The van der Waals surface area contributed by atoms with Crippen LogP contribution in [0.3, 0.4) is 0 Å². The zero-order valence-electron chi connectivity index (χ0n) is 38.8. The van der Waals surface area contributed by atoms with Crippen LogP contribution in [0.1, 0.15) is 122 Å². The summed E-state index contributed by atoms with van der Waals surface area (Å²) < 4.78 is 0. The molecule has 0 aliphatic rings. The number of nitrogens with one attached hydrogen (secondary N) is 7. The molecule has 19 heteroatoms. The Morgan fingerprint density at radius 3 is 0.885 bits per heavy atom. The average Bonchev–Trinajstić information content (AvgIpc) is 3.16. The summed E-state index contributed by atoms with van der Waals surface area (Å²) in [6.07, 6.45) is 3.14. The van der Waals surface area contributed by atoms with E-state index >= 15 is 0 Å². The van der Waals surface area contributed by atoms with Gasteiger partial charge >= 0.3 is 0 Å². The first-order valence-electron chi connectivity index (χ1n) is 21.9. The number of nitrogens with two attached hydrogens (primary N) is 4. The monoisotopic (exact) mass is 868 g/mol. The lowest BCUT2D eigenvalue weighted by Gasteiger charge is -2.32. The third kappa shape index (κ3) is 19.9. The number of carbonyl (C=O) groups excluding carboxylic acids is 8. The van der Waals surface area contributed by atoms with Crippen LogP contribution < -0.4 is 60.2 Å². The Hall–Kier alpha value is -4.36. The van der Waals surface area contributed by atoms with Gasteiger partial charge in [-0.05, 0) is 80.7 Å².